The van der Waals surface area contributed by atoms with Crippen LogP contribution in [0.2, 0.25) is 0 Å². The molecule has 19 heavy (non-hydrogen) atoms. The molecule has 0 spiro atoms. The van der Waals surface area contributed by atoms with Gasteiger partial charge in [0.25, 0.3) is 0 Å². The number of nitrogens with zero attached hydrogens (tertiary/aromatic N) is 2. The fraction of sp³-hybridized carbons (Fsp3) is 0.385. The lowest BCUT2D eigenvalue weighted by Crippen LogP contribution is -2.15. The van der Waals surface area contributed by atoms with Gasteiger partial charge >= 0.3 is 0 Å². The zero-order valence-corrected chi connectivity index (χ0v) is 10.2. The van der Waals surface area contributed by atoms with Gasteiger partial charge in [0, 0.05) is 13.0 Å². The minimum atomic E-state index is -0.372. The van der Waals surface area contributed by atoms with Gasteiger partial charge < -0.3 is 14.9 Å². The van der Waals surface area contributed by atoms with Crippen molar-refractivity contribution in [3.63, 3.8) is 0 Å². The van der Waals surface area contributed by atoms with Crippen molar-refractivity contribution in [3.05, 3.63) is 47.4 Å². The highest BCUT2D eigenvalue weighted by Gasteiger charge is 2.28. The summed E-state index contributed by atoms with van der Waals surface area (Å²) < 4.78 is 18.2. The van der Waals surface area contributed by atoms with Crippen molar-refractivity contribution >= 4 is 0 Å². The number of hydrogen-bond donors (Lipinski definition) is 2. The highest BCUT2D eigenvalue weighted by atomic mass is 19.1. The minimum Gasteiger partial charge on any atom is -0.392 e. The van der Waals surface area contributed by atoms with Crippen molar-refractivity contribution < 1.29 is 14.0 Å². The maximum absolute atomic E-state index is 13.1. The van der Waals surface area contributed by atoms with Crippen LogP contribution in [0, 0.1) is 5.82 Å². The Labute approximate surface area is 109 Å². The predicted octanol–water partition coefficient (Wildman–Crippen LogP) is 1.19. The Hall–Kier alpha value is -1.79. The van der Waals surface area contributed by atoms with Crippen LogP contribution in [0.25, 0.3) is 0 Å². The minimum absolute atomic E-state index is 0.0937. The summed E-state index contributed by atoms with van der Waals surface area (Å²) in [6, 6.07) is 6.23. The standard InChI is InChI=1S/C13H14FN3O2/c14-9-3-1-2-8(4-9)5-12-16-13(19-17-12)11-6-10(18)7-15-11/h1-4,10-11,15,18H,5-7H2/t10-,11-/m0/s1. The Morgan fingerprint density at radius 2 is 2.37 bits per heavy atom. The van der Waals surface area contributed by atoms with Gasteiger partial charge in [-0.3, -0.25) is 0 Å². The molecule has 0 bridgehead atoms. The van der Waals surface area contributed by atoms with Gasteiger partial charge in [-0.15, -0.1) is 0 Å². The van der Waals surface area contributed by atoms with Crippen LogP contribution in [-0.4, -0.2) is 27.9 Å². The molecule has 0 radical (unpaired) electrons. The van der Waals surface area contributed by atoms with Gasteiger partial charge in [-0.2, -0.15) is 4.98 Å². The van der Waals surface area contributed by atoms with Crippen molar-refractivity contribution in [2.75, 3.05) is 6.54 Å². The smallest absolute Gasteiger partial charge is 0.243 e. The highest BCUT2D eigenvalue weighted by molar-refractivity contribution is 5.19. The van der Waals surface area contributed by atoms with Crippen LogP contribution < -0.4 is 5.32 Å². The number of aromatic nitrogens is 2. The maximum Gasteiger partial charge on any atom is 0.243 e. The number of β-amino-alcohol motifs (C(OH)–C–C–N with tert-alkyl or cyclic N) is 1. The fourth-order valence-corrected chi connectivity index (χ4v) is 2.22. The lowest BCUT2D eigenvalue weighted by Gasteiger charge is -2.01. The van der Waals surface area contributed by atoms with Gasteiger partial charge in [0.15, 0.2) is 5.82 Å². The number of nitrogens with one attached hydrogen (secondary N) is 1. The van der Waals surface area contributed by atoms with Crippen molar-refractivity contribution in [2.24, 2.45) is 0 Å². The summed E-state index contributed by atoms with van der Waals surface area (Å²) in [5.41, 5.74) is 0.798. The predicted molar refractivity (Wildman–Crippen MR) is 64.9 cm³/mol. The third-order valence-corrected chi connectivity index (χ3v) is 3.14. The van der Waals surface area contributed by atoms with E-state index < -0.39 is 0 Å². The van der Waals surface area contributed by atoms with E-state index in [1.165, 1.54) is 12.1 Å². The summed E-state index contributed by atoms with van der Waals surface area (Å²) >= 11 is 0. The van der Waals surface area contributed by atoms with Gasteiger partial charge in [-0.1, -0.05) is 17.3 Å². The Balaban J connectivity index is 1.71. The summed E-state index contributed by atoms with van der Waals surface area (Å²) in [6.45, 7) is 0.534. The van der Waals surface area contributed by atoms with Crippen LogP contribution in [0.1, 0.15) is 29.7 Å². The third kappa shape index (κ3) is 2.80. The van der Waals surface area contributed by atoms with Gasteiger partial charge in [-0.05, 0) is 24.1 Å². The quantitative estimate of drug-likeness (QED) is 0.870. The lowest BCUT2D eigenvalue weighted by atomic mass is 10.1. The molecule has 1 aromatic carbocycles. The molecule has 1 aromatic heterocycles. The molecule has 2 N–H and O–H groups in total. The van der Waals surface area contributed by atoms with Crippen LogP contribution >= 0.6 is 0 Å². The summed E-state index contributed by atoms with van der Waals surface area (Å²) in [5.74, 6) is 0.716. The molecular formula is C13H14FN3O2. The molecule has 3 rings (SSSR count). The Kier molecular flexibility index (Phi) is 3.27. The van der Waals surface area contributed by atoms with E-state index in [9.17, 15) is 9.50 Å². The molecule has 0 aliphatic carbocycles. The summed E-state index contributed by atoms with van der Waals surface area (Å²) in [5, 5.41) is 16.4. The largest absolute Gasteiger partial charge is 0.392 e. The molecule has 1 saturated heterocycles. The number of hydrogen-bond acceptors (Lipinski definition) is 5. The summed E-state index contributed by atoms with van der Waals surface area (Å²) in [7, 11) is 0. The van der Waals surface area contributed by atoms with Gasteiger partial charge in [0.2, 0.25) is 5.89 Å². The highest BCUT2D eigenvalue weighted by Crippen LogP contribution is 2.22. The van der Waals surface area contributed by atoms with E-state index in [1.807, 2.05) is 6.07 Å². The Bertz CT molecular complexity index is 573. The molecule has 2 atom stereocenters. The van der Waals surface area contributed by atoms with Gasteiger partial charge in [-0.25, -0.2) is 4.39 Å². The van der Waals surface area contributed by atoms with Crippen LogP contribution in [0.5, 0.6) is 0 Å². The molecule has 2 heterocycles. The van der Waals surface area contributed by atoms with E-state index in [0.29, 0.717) is 31.1 Å². The van der Waals surface area contributed by atoms with E-state index in [1.54, 1.807) is 6.07 Å². The first-order valence-corrected chi connectivity index (χ1v) is 6.19. The first kappa shape index (κ1) is 12.3. The number of aliphatic hydroxyl groups is 1. The first-order chi connectivity index (χ1) is 9.20. The van der Waals surface area contributed by atoms with Crippen molar-refractivity contribution in [2.45, 2.75) is 25.0 Å². The molecule has 2 aromatic rings. The van der Waals surface area contributed by atoms with Crippen LogP contribution in [0.3, 0.4) is 0 Å². The molecule has 0 unspecified atom stereocenters. The average molecular weight is 263 g/mol. The second-order valence-corrected chi connectivity index (χ2v) is 4.71. The van der Waals surface area contributed by atoms with Crippen LogP contribution in [0.15, 0.2) is 28.8 Å². The van der Waals surface area contributed by atoms with E-state index in [2.05, 4.69) is 15.5 Å². The van der Waals surface area contributed by atoms with E-state index in [4.69, 9.17) is 4.52 Å². The molecular weight excluding hydrogens is 249 g/mol. The normalized spacial score (nSPS) is 22.8. The summed E-state index contributed by atoms with van der Waals surface area (Å²) in [6.07, 6.45) is 0.626. The Morgan fingerprint density at radius 3 is 3.11 bits per heavy atom. The first-order valence-electron chi connectivity index (χ1n) is 6.19. The topological polar surface area (TPSA) is 71.2 Å². The average Bonchev–Trinajstić information content (AvgIpc) is 2.98. The number of aliphatic hydroxyl groups excluding tert-OH is 1. The monoisotopic (exact) mass is 263 g/mol. The second kappa shape index (κ2) is 5.07. The number of rotatable bonds is 3. The molecule has 6 heteroatoms. The van der Waals surface area contributed by atoms with Gasteiger partial charge in [0.1, 0.15) is 5.82 Å². The van der Waals surface area contributed by atoms with E-state index in [0.717, 1.165) is 5.56 Å². The van der Waals surface area contributed by atoms with E-state index in [-0.39, 0.29) is 18.0 Å². The van der Waals surface area contributed by atoms with Crippen molar-refractivity contribution in [1.29, 1.82) is 0 Å². The Morgan fingerprint density at radius 1 is 1.47 bits per heavy atom. The zero-order valence-electron chi connectivity index (χ0n) is 10.2. The summed E-state index contributed by atoms with van der Waals surface area (Å²) in [4.78, 5) is 4.28. The molecule has 5 nitrogen and oxygen atoms in total. The van der Waals surface area contributed by atoms with Crippen molar-refractivity contribution in [1.82, 2.24) is 15.5 Å². The molecule has 0 amide bonds. The molecule has 0 saturated carbocycles. The zero-order chi connectivity index (χ0) is 13.2. The molecule has 1 fully saturated rings. The molecule has 1 aliphatic rings. The SMILES string of the molecule is O[C@@H]1CN[C@H](c2nc(Cc3cccc(F)c3)no2)C1. The fourth-order valence-electron chi connectivity index (χ4n) is 2.22. The molecule has 100 valence electrons. The third-order valence-electron chi connectivity index (χ3n) is 3.14. The second-order valence-electron chi connectivity index (χ2n) is 4.71. The van der Waals surface area contributed by atoms with Crippen LogP contribution in [-0.2, 0) is 6.42 Å². The number of benzene rings is 1. The maximum atomic E-state index is 13.1. The molecule has 1 aliphatic heterocycles. The van der Waals surface area contributed by atoms with Gasteiger partial charge in [0.05, 0.1) is 12.1 Å². The lowest BCUT2D eigenvalue weighted by molar-refractivity contribution is 0.191. The van der Waals surface area contributed by atoms with E-state index >= 15 is 0 Å². The van der Waals surface area contributed by atoms with Crippen molar-refractivity contribution in [3.8, 4) is 0 Å². The number of halogens is 1. The van der Waals surface area contributed by atoms with Crippen LogP contribution in [0.4, 0.5) is 4.39 Å².